The predicted molar refractivity (Wildman–Crippen MR) is 96.2 cm³/mol. The van der Waals surface area contributed by atoms with Crippen molar-refractivity contribution in [1.29, 1.82) is 0 Å². The zero-order valence-corrected chi connectivity index (χ0v) is 14.8. The molecule has 0 N–H and O–H groups in total. The van der Waals surface area contributed by atoms with E-state index in [0.717, 1.165) is 6.42 Å². The Kier molecular flexibility index (Phi) is 6.88. The van der Waals surface area contributed by atoms with Crippen molar-refractivity contribution in [2.45, 2.75) is 59.3 Å². The predicted octanol–water partition coefficient (Wildman–Crippen LogP) is 5.41. The zero-order chi connectivity index (χ0) is 16.7. The minimum Gasteiger partial charge on any atom is -0.463 e. The van der Waals surface area contributed by atoms with E-state index in [1.54, 1.807) is 6.08 Å². The molecule has 0 aromatic heterocycles. The Hall–Kier alpha value is -1.57. The largest absolute Gasteiger partial charge is 0.463 e. The van der Waals surface area contributed by atoms with Crippen LogP contribution >= 0.6 is 0 Å². The SMILES string of the molecule is CCOC(=O)C=C(c1ccc(CC(C)C)cc1)C1CCCCC1. The second kappa shape index (κ2) is 8.90. The van der Waals surface area contributed by atoms with E-state index in [0.29, 0.717) is 18.4 Å². The average molecular weight is 314 g/mol. The van der Waals surface area contributed by atoms with Crippen LogP contribution in [0.25, 0.3) is 5.57 Å². The van der Waals surface area contributed by atoms with E-state index in [-0.39, 0.29) is 5.97 Å². The molecule has 0 saturated heterocycles. The number of carbonyl (C=O) groups excluding carboxylic acids is 1. The summed E-state index contributed by atoms with van der Waals surface area (Å²) < 4.78 is 5.15. The minimum atomic E-state index is -0.209. The molecule has 1 aromatic rings. The van der Waals surface area contributed by atoms with Gasteiger partial charge < -0.3 is 4.74 Å². The lowest BCUT2D eigenvalue weighted by Gasteiger charge is -2.25. The van der Waals surface area contributed by atoms with Crippen molar-refractivity contribution in [3.63, 3.8) is 0 Å². The van der Waals surface area contributed by atoms with Crippen LogP contribution in [0.4, 0.5) is 0 Å². The molecule has 0 heterocycles. The fraction of sp³-hybridized carbons (Fsp3) is 0.571. The van der Waals surface area contributed by atoms with Crippen LogP contribution in [-0.2, 0) is 16.0 Å². The molecule has 1 fully saturated rings. The molecule has 0 spiro atoms. The first-order valence-corrected chi connectivity index (χ1v) is 9.07. The molecule has 0 atom stereocenters. The number of ether oxygens (including phenoxy) is 1. The van der Waals surface area contributed by atoms with Gasteiger partial charge in [0, 0.05) is 6.08 Å². The standard InChI is InChI=1S/C21H30O2/c1-4-23-21(22)15-20(18-8-6-5-7-9-18)19-12-10-17(11-13-19)14-16(2)3/h10-13,15-16,18H,4-9,14H2,1-3H3. The lowest BCUT2D eigenvalue weighted by Crippen LogP contribution is -2.11. The molecule has 0 bridgehead atoms. The molecule has 2 heteroatoms. The van der Waals surface area contributed by atoms with Crippen LogP contribution in [0.3, 0.4) is 0 Å². The highest BCUT2D eigenvalue weighted by Gasteiger charge is 2.20. The van der Waals surface area contributed by atoms with Gasteiger partial charge in [0.2, 0.25) is 0 Å². The van der Waals surface area contributed by atoms with Gasteiger partial charge in [0.15, 0.2) is 0 Å². The molecular formula is C21H30O2. The van der Waals surface area contributed by atoms with E-state index in [9.17, 15) is 4.79 Å². The molecule has 1 aliphatic carbocycles. The third-order valence-electron chi connectivity index (χ3n) is 4.54. The second-order valence-corrected chi connectivity index (χ2v) is 6.98. The first kappa shape index (κ1) is 17.8. The van der Waals surface area contributed by atoms with E-state index < -0.39 is 0 Å². The van der Waals surface area contributed by atoms with Crippen LogP contribution in [-0.4, -0.2) is 12.6 Å². The molecule has 0 aliphatic heterocycles. The van der Waals surface area contributed by atoms with Crippen molar-refractivity contribution in [3.05, 3.63) is 41.5 Å². The van der Waals surface area contributed by atoms with Gasteiger partial charge in [-0.3, -0.25) is 0 Å². The van der Waals surface area contributed by atoms with E-state index in [2.05, 4.69) is 38.1 Å². The third-order valence-corrected chi connectivity index (χ3v) is 4.54. The van der Waals surface area contributed by atoms with E-state index in [1.165, 1.54) is 48.8 Å². The van der Waals surface area contributed by atoms with Crippen LogP contribution in [0.5, 0.6) is 0 Å². The first-order valence-electron chi connectivity index (χ1n) is 9.07. The smallest absolute Gasteiger partial charge is 0.331 e. The van der Waals surface area contributed by atoms with Crippen molar-refractivity contribution in [2.24, 2.45) is 11.8 Å². The van der Waals surface area contributed by atoms with Crippen LogP contribution in [0.15, 0.2) is 30.3 Å². The molecule has 0 amide bonds. The maximum absolute atomic E-state index is 12.0. The number of hydrogen-bond donors (Lipinski definition) is 0. The Morgan fingerprint density at radius 1 is 1.17 bits per heavy atom. The number of benzene rings is 1. The average Bonchev–Trinajstić information content (AvgIpc) is 2.54. The molecule has 2 nitrogen and oxygen atoms in total. The summed E-state index contributed by atoms with van der Waals surface area (Å²) in [5.41, 5.74) is 3.71. The molecule has 126 valence electrons. The van der Waals surface area contributed by atoms with Gasteiger partial charge >= 0.3 is 5.97 Å². The fourth-order valence-electron chi connectivity index (χ4n) is 3.47. The van der Waals surface area contributed by atoms with E-state index in [4.69, 9.17) is 4.74 Å². The number of esters is 1. The summed E-state index contributed by atoms with van der Waals surface area (Å²) in [6.45, 7) is 6.76. The molecule has 2 rings (SSSR count). The normalized spacial score (nSPS) is 16.6. The Labute approximate surface area is 140 Å². The lowest BCUT2D eigenvalue weighted by atomic mass is 9.80. The summed E-state index contributed by atoms with van der Waals surface area (Å²) >= 11 is 0. The van der Waals surface area contributed by atoms with Gasteiger partial charge in [0.1, 0.15) is 0 Å². The molecule has 0 unspecified atom stereocenters. The van der Waals surface area contributed by atoms with Gasteiger partial charge in [0.25, 0.3) is 0 Å². The van der Waals surface area contributed by atoms with Crippen LogP contribution in [0.1, 0.15) is 64.0 Å². The number of hydrogen-bond acceptors (Lipinski definition) is 2. The zero-order valence-electron chi connectivity index (χ0n) is 14.8. The highest BCUT2D eigenvalue weighted by molar-refractivity contribution is 5.92. The van der Waals surface area contributed by atoms with Gasteiger partial charge in [-0.05, 0) is 54.7 Å². The summed E-state index contributed by atoms with van der Waals surface area (Å²) in [7, 11) is 0. The van der Waals surface area contributed by atoms with Gasteiger partial charge in [-0.25, -0.2) is 4.79 Å². The minimum absolute atomic E-state index is 0.209. The number of rotatable bonds is 6. The van der Waals surface area contributed by atoms with E-state index in [1.807, 2.05) is 6.92 Å². The monoisotopic (exact) mass is 314 g/mol. The first-order chi connectivity index (χ1) is 11.1. The maximum atomic E-state index is 12.0. The number of carbonyl (C=O) groups is 1. The van der Waals surface area contributed by atoms with E-state index >= 15 is 0 Å². The Morgan fingerprint density at radius 3 is 2.39 bits per heavy atom. The van der Waals surface area contributed by atoms with Gasteiger partial charge in [-0.1, -0.05) is 57.4 Å². The van der Waals surface area contributed by atoms with Crippen LogP contribution < -0.4 is 0 Å². The molecule has 1 saturated carbocycles. The summed E-state index contributed by atoms with van der Waals surface area (Å²) in [5.74, 6) is 0.942. The van der Waals surface area contributed by atoms with Crippen molar-refractivity contribution >= 4 is 11.5 Å². The molecule has 23 heavy (non-hydrogen) atoms. The van der Waals surface area contributed by atoms with Crippen molar-refractivity contribution < 1.29 is 9.53 Å². The van der Waals surface area contributed by atoms with Crippen molar-refractivity contribution in [3.8, 4) is 0 Å². The summed E-state index contributed by atoms with van der Waals surface area (Å²) in [4.78, 5) is 12.0. The second-order valence-electron chi connectivity index (χ2n) is 6.98. The maximum Gasteiger partial charge on any atom is 0.331 e. The van der Waals surface area contributed by atoms with Crippen molar-refractivity contribution in [1.82, 2.24) is 0 Å². The van der Waals surface area contributed by atoms with Gasteiger partial charge in [0.05, 0.1) is 6.61 Å². The molecule has 1 aliphatic rings. The third kappa shape index (κ3) is 5.53. The van der Waals surface area contributed by atoms with Crippen LogP contribution in [0, 0.1) is 11.8 Å². The quantitative estimate of drug-likeness (QED) is 0.518. The topological polar surface area (TPSA) is 26.3 Å². The Bertz CT molecular complexity index is 519. The molecule has 1 aromatic carbocycles. The Morgan fingerprint density at radius 2 is 1.83 bits per heavy atom. The number of allylic oxidation sites excluding steroid dienone is 1. The van der Waals surface area contributed by atoms with Crippen molar-refractivity contribution in [2.75, 3.05) is 6.61 Å². The molecular weight excluding hydrogens is 284 g/mol. The molecule has 0 radical (unpaired) electrons. The Balaban J connectivity index is 2.23. The summed E-state index contributed by atoms with van der Waals surface area (Å²) in [6.07, 6.45) is 9.03. The van der Waals surface area contributed by atoms with Gasteiger partial charge in [-0.15, -0.1) is 0 Å². The highest BCUT2D eigenvalue weighted by atomic mass is 16.5. The lowest BCUT2D eigenvalue weighted by molar-refractivity contribution is -0.137. The highest BCUT2D eigenvalue weighted by Crippen LogP contribution is 2.35. The summed E-state index contributed by atoms with van der Waals surface area (Å²) in [5, 5.41) is 0. The van der Waals surface area contributed by atoms with Gasteiger partial charge in [-0.2, -0.15) is 0 Å². The summed E-state index contributed by atoms with van der Waals surface area (Å²) in [6, 6.07) is 8.77. The fourth-order valence-corrected chi connectivity index (χ4v) is 3.47. The van der Waals surface area contributed by atoms with Crippen LogP contribution in [0.2, 0.25) is 0 Å².